The average molecular weight is 338 g/mol. The van der Waals surface area contributed by atoms with Crippen molar-refractivity contribution in [2.24, 2.45) is 0 Å². The van der Waals surface area contributed by atoms with Gasteiger partial charge < -0.3 is 35.7 Å². The summed E-state index contributed by atoms with van der Waals surface area (Å²) < 4.78 is 4.57. The summed E-state index contributed by atoms with van der Waals surface area (Å²) in [6.45, 7) is -1.28. The summed E-state index contributed by atoms with van der Waals surface area (Å²) in [5.74, 6) is -6.35. The minimum atomic E-state index is -3.37. The number of ether oxygens (including phenoxy) is 1. The number of benzene rings is 2. The zero-order chi connectivity index (χ0) is 17.8. The molecule has 8 heteroatoms. The number of hydrogen-bond donors (Lipinski definition) is 7. The molecule has 1 heterocycles. The highest BCUT2D eigenvalue weighted by molar-refractivity contribution is 5.86. The van der Waals surface area contributed by atoms with Crippen LogP contribution in [-0.4, -0.2) is 66.3 Å². The van der Waals surface area contributed by atoms with Crippen molar-refractivity contribution in [2.75, 3.05) is 6.61 Å². The molecule has 1 fully saturated rings. The molecule has 1 saturated heterocycles. The van der Waals surface area contributed by atoms with Gasteiger partial charge in [-0.1, -0.05) is 42.5 Å². The SMILES string of the molecule is OC[C@@]1(O)OC(O)(O)[C@H](O)[C@@H](O)[C@@]1(O)c1cccc2ccccc12. The lowest BCUT2D eigenvalue weighted by Gasteiger charge is -2.53. The van der Waals surface area contributed by atoms with Gasteiger partial charge in [-0.05, 0) is 16.3 Å². The zero-order valence-electron chi connectivity index (χ0n) is 12.4. The summed E-state index contributed by atoms with van der Waals surface area (Å²) in [6, 6.07) is 11.3. The van der Waals surface area contributed by atoms with Crippen LogP contribution in [0.15, 0.2) is 42.5 Å². The van der Waals surface area contributed by atoms with Crippen LogP contribution in [0.1, 0.15) is 5.56 Å². The van der Waals surface area contributed by atoms with Crippen molar-refractivity contribution in [3.63, 3.8) is 0 Å². The molecular weight excluding hydrogens is 320 g/mol. The van der Waals surface area contributed by atoms with Gasteiger partial charge in [-0.3, -0.25) is 4.74 Å². The third-order valence-electron chi connectivity index (χ3n) is 4.44. The molecular formula is C16H18O8. The number of hydrogen-bond acceptors (Lipinski definition) is 8. The van der Waals surface area contributed by atoms with Crippen LogP contribution in [0.5, 0.6) is 0 Å². The van der Waals surface area contributed by atoms with Crippen LogP contribution < -0.4 is 0 Å². The molecule has 8 nitrogen and oxygen atoms in total. The van der Waals surface area contributed by atoms with Crippen molar-refractivity contribution in [1.29, 1.82) is 0 Å². The van der Waals surface area contributed by atoms with E-state index in [1.54, 1.807) is 30.3 Å². The standard InChI is InChI=1S/C16H18O8/c17-8-14(20)15(21,12(18)13(19)16(22,23)24-14)11-7-3-5-9-4-1-2-6-10(9)11/h1-7,12-13,17-23H,8H2/t12-,13-,14-,15+/m1/s1. The normalized spacial score (nSPS) is 36.0. The fourth-order valence-electron chi connectivity index (χ4n) is 3.13. The third-order valence-corrected chi connectivity index (χ3v) is 4.44. The first-order valence-electron chi connectivity index (χ1n) is 7.22. The molecule has 1 aliphatic rings. The van der Waals surface area contributed by atoms with E-state index in [0.717, 1.165) is 0 Å². The molecule has 3 rings (SSSR count). The average Bonchev–Trinajstić information content (AvgIpc) is 2.57. The topological polar surface area (TPSA) is 151 Å². The maximum Gasteiger partial charge on any atom is 0.310 e. The lowest BCUT2D eigenvalue weighted by atomic mass is 9.74. The molecule has 0 bridgehead atoms. The van der Waals surface area contributed by atoms with E-state index in [-0.39, 0.29) is 5.56 Å². The molecule has 0 saturated carbocycles. The first kappa shape index (κ1) is 17.2. The highest BCUT2D eigenvalue weighted by atomic mass is 16.8. The Hall–Kier alpha value is -1.62. The predicted octanol–water partition coefficient (Wildman–Crippen LogP) is -1.90. The van der Waals surface area contributed by atoms with Crippen LogP contribution in [0.2, 0.25) is 0 Å². The van der Waals surface area contributed by atoms with Gasteiger partial charge in [-0.2, -0.15) is 0 Å². The minimum Gasteiger partial charge on any atom is -0.391 e. The summed E-state index contributed by atoms with van der Waals surface area (Å²) in [5, 5.41) is 71.6. The minimum absolute atomic E-state index is 0.0563. The van der Waals surface area contributed by atoms with E-state index in [4.69, 9.17) is 0 Å². The fourth-order valence-corrected chi connectivity index (χ4v) is 3.13. The number of aliphatic hydroxyl groups is 7. The summed E-state index contributed by atoms with van der Waals surface area (Å²) in [4.78, 5) is 0. The summed E-state index contributed by atoms with van der Waals surface area (Å²) in [5.41, 5.74) is -2.80. The molecule has 0 amide bonds. The molecule has 24 heavy (non-hydrogen) atoms. The fraction of sp³-hybridized carbons (Fsp3) is 0.375. The zero-order valence-corrected chi connectivity index (χ0v) is 12.4. The molecule has 0 aromatic heterocycles. The van der Waals surface area contributed by atoms with Gasteiger partial charge >= 0.3 is 5.97 Å². The van der Waals surface area contributed by atoms with Crippen molar-refractivity contribution in [2.45, 2.75) is 29.6 Å². The van der Waals surface area contributed by atoms with Gasteiger partial charge in [-0.15, -0.1) is 0 Å². The first-order valence-corrected chi connectivity index (χ1v) is 7.22. The van der Waals surface area contributed by atoms with Gasteiger partial charge in [0.15, 0.2) is 11.7 Å². The molecule has 1 aliphatic heterocycles. The second kappa shape index (κ2) is 5.45. The maximum absolute atomic E-state index is 11.1. The Balaban J connectivity index is 2.29. The van der Waals surface area contributed by atoms with E-state index in [9.17, 15) is 35.7 Å². The first-order chi connectivity index (χ1) is 11.2. The van der Waals surface area contributed by atoms with Gasteiger partial charge in [-0.25, -0.2) is 0 Å². The maximum atomic E-state index is 11.1. The predicted molar refractivity (Wildman–Crippen MR) is 80.1 cm³/mol. The van der Waals surface area contributed by atoms with Crippen molar-refractivity contribution >= 4 is 10.8 Å². The summed E-state index contributed by atoms with van der Waals surface area (Å²) >= 11 is 0. The molecule has 2 aromatic rings. The smallest absolute Gasteiger partial charge is 0.310 e. The van der Waals surface area contributed by atoms with Crippen molar-refractivity contribution in [3.05, 3.63) is 48.0 Å². The Bertz CT molecular complexity index is 757. The lowest BCUT2D eigenvalue weighted by molar-refractivity contribution is -0.517. The van der Waals surface area contributed by atoms with E-state index >= 15 is 0 Å². The van der Waals surface area contributed by atoms with Crippen molar-refractivity contribution in [1.82, 2.24) is 0 Å². The number of aliphatic hydroxyl groups excluding tert-OH is 3. The van der Waals surface area contributed by atoms with Gasteiger partial charge in [0, 0.05) is 0 Å². The lowest BCUT2D eigenvalue weighted by Crippen LogP contribution is -2.75. The molecule has 0 spiro atoms. The van der Waals surface area contributed by atoms with Crippen LogP contribution >= 0.6 is 0 Å². The third kappa shape index (κ3) is 2.17. The van der Waals surface area contributed by atoms with E-state index in [1.807, 2.05) is 0 Å². The second-order valence-electron chi connectivity index (χ2n) is 5.89. The summed E-state index contributed by atoms with van der Waals surface area (Å²) in [7, 11) is 0. The van der Waals surface area contributed by atoms with Crippen LogP contribution in [0.4, 0.5) is 0 Å². The Morgan fingerprint density at radius 2 is 1.50 bits per heavy atom. The quantitative estimate of drug-likeness (QED) is 0.314. The van der Waals surface area contributed by atoms with E-state index in [2.05, 4.69) is 4.74 Å². The Labute approximate surface area is 136 Å². The Morgan fingerprint density at radius 3 is 2.17 bits per heavy atom. The monoisotopic (exact) mass is 338 g/mol. The number of rotatable bonds is 2. The molecule has 2 aromatic carbocycles. The molecule has 7 N–H and O–H groups in total. The van der Waals surface area contributed by atoms with Gasteiger partial charge in [0.25, 0.3) is 0 Å². The molecule has 4 atom stereocenters. The van der Waals surface area contributed by atoms with E-state index in [1.165, 1.54) is 12.1 Å². The van der Waals surface area contributed by atoms with Crippen LogP contribution in [0, 0.1) is 0 Å². The van der Waals surface area contributed by atoms with Crippen molar-refractivity contribution in [3.8, 4) is 0 Å². The van der Waals surface area contributed by atoms with Crippen LogP contribution in [-0.2, 0) is 10.3 Å². The van der Waals surface area contributed by atoms with Crippen LogP contribution in [0.3, 0.4) is 0 Å². The molecule has 0 radical (unpaired) electrons. The van der Waals surface area contributed by atoms with Gasteiger partial charge in [0.2, 0.25) is 5.79 Å². The number of fused-ring (bicyclic) bond motifs is 1. The Kier molecular flexibility index (Phi) is 3.91. The molecule has 0 unspecified atom stereocenters. The largest absolute Gasteiger partial charge is 0.391 e. The molecule has 0 aliphatic carbocycles. The Morgan fingerprint density at radius 1 is 0.875 bits per heavy atom. The van der Waals surface area contributed by atoms with Crippen molar-refractivity contribution < 1.29 is 40.5 Å². The highest BCUT2D eigenvalue weighted by Crippen LogP contribution is 2.47. The van der Waals surface area contributed by atoms with Crippen LogP contribution in [0.25, 0.3) is 10.8 Å². The molecule has 130 valence electrons. The highest BCUT2D eigenvalue weighted by Gasteiger charge is 2.69. The van der Waals surface area contributed by atoms with Gasteiger partial charge in [0.1, 0.15) is 12.7 Å². The van der Waals surface area contributed by atoms with E-state index < -0.39 is 36.2 Å². The second-order valence-corrected chi connectivity index (χ2v) is 5.89. The summed E-state index contributed by atoms with van der Waals surface area (Å²) in [6.07, 6.45) is -4.64. The van der Waals surface area contributed by atoms with E-state index in [0.29, 0.717) is 10.8 Å². The van der Waals surface area contributed by atoms with Gasteiger partial charge in [0.05, 0.1) is 0 Å².